The molecule has 102 valence electrons. The minimum Gasteiger partial charge on any atom is -0.491 e. The summed E-state index contributed by atoms with van der Waals surface area (Å²) in [7, 11) is 1.68. The van der Waals surface area contributed by atoms with Gasteiger partial charge in [0.05, 0.1) is 6.61 Å². The van der Waals surface area contributed by atoms with E-state index in [1.807, 2.05) is 12.1 Å². The molecule has 0 saturated carbocycles. The van der Waals surface area contributed by atoms with Crippen molar-refractivity contribution in [3.8, 4) is 5.75 Å². The zero-order valence-electron chi connectivity index (χ0n) is 11.7. The lowest BCUT2D eigenvalue weighted by Gasteiger charge is -2.18. The Hall–Kier alpha value is -1.06. The number of benzene rings is 1. The highest BCUT2D eigenvalue weighted by atomic mass is 16.5. The van der Waals surface area contributed by atoms with Crippen LogP contribution in [0.1, 0.15) is 38.3 Å². The summed E-state index contributed by atoms with van der Waals surface area (Å²) < 4.78 is 10.6. The summed E-state index contributed by atoms with van der Waals surface area (Å²) >= 11 is 0. The van der Waals surface area contributed by atoms with Crippen LogP contribution in [-0.2, 0) is 4.74 Å². The van der Waals surface area contributed by atoms with Gasteiger partial charge in [-0.25, -0.2) is 0 Å². The molecule has 3 heteroatoms. The maximum atomic E-state index is 5.63. The minimum atomic E-state index is 0.413. The number of ether oxygens (including phenoxy) is 2. The van der Waals surface area contributed by atoms with Crippen LogP contribution >= 0.6 is 0 Å². The molecule has 0 amide bonds. The molecule has 1 N–H and O–H groups in total. The second-order valence-corrected chi connectivity index (χ2v) is 4.33. The van der Waals surface area contributed by atoms with Gasteiger partial charge in [0.1, 0.15) is 12.4 Å². The predicted octanol–water partition coefficient (Wildman–Crippen LogP) is 3.16. The molecule has 0 aliphatic carbocycles. The minimum absolute atomic E-state index is 0.413. The fraction of sp³-hybridized carbons (Fsp3) is 0.600. The van der Waals surface area contributed by atoms with Gasteiger partial charge >= 0.3 is 0 Å². The summed E-state index contributed by atoms with van der Waals surface area (Å²) in [6.45, 7) is 6.65. The highest BCUT2D eigenvalue weighted by Gasteiger charge is 2.08. The average Bonchev–Trinajstić information content (AvgIpc) is 2.40. The molecular weight excluding hydrogens is 226 g/mol. The number of methoxy groups -OCH3 is 1. The van der Waals surface area contributed by atoms with Gasteiger partial charge in [0.15, 0.2) is 0 Å². The summed E-state index contributed by atoms with van der Waals surface area (Å²) in [6.07, 6.45) is 2.24. The van der Waals surface area contributed by atoms with Gasteiger partial charge in [-0.15, -0.1) is 0 Å². The van der Waals surface area contributed by atoms with Gasteiger partial charge < -0.3 is 14.8 Å². The van der Waals surface area contributed by atoms with Gasteiger partial charge in [0.2, 0.25) is 0 Å². The third-order valence-electron chi connectivity index (χ3n) is 2.87. The molecule has 1 rings (SSSR count). The number of hydrogen-bond donors (Lipinski definition) is 1. The fourth-order valence-electron chi connectivity index (χ4n) is 1.88. The molecule has 0 aliphatic rings. The van der Waals surface area contributed by atoms with E-state index in [0.29, 0.717) is 19.3 Å². The lowest BCUT2D eigenvalue weighted by Crippen LogP contribution is -2.21. The quantitative estimate of drug-likeness (QED) is 0.684. The van der Waals surface area contributed by atoms with E-state index in [9.17, 15) is 0 Å². The van der Waals surface area contributed by atoms with Crippen molar-refractivity contribution in [3.05, 3.63) is 29.8 Å². The Kier molecular flexibility index (Phi) is 7.46. The monoisotopic (exact) mass is 251 g/mol. The summed E-state index contributed by atoms with van der Waals surface area (Å²) in [4.78, 5) is 0. The highest BCUT2D eigenvalue weighted by Crippen LogP contribution is 2.21. The molecule has 3 nitrogen and oxygen atoms in total. The van der Waals surface area contributed by atoms with Gasteiger partial charge in [0, 0.05) is 13.2 Å². The predicted molar refractivity (Wildman–Crippen MR) is 75.1 cm³/mol. The van der Waals surface area contributed by atoms with E-state index < -0.39 is 0 Å². The molecule has 0 fully saturated rings. The summed E-state index contributed by atoms with van der Waals surface area (Å²) in [5.41, 5.74) is 1.29. The van der Waals surface area contributed by atoms with E-state index in [0.717, 1.165) is 25.1 Å². The number of nitrogens with one attached hydrogen (secondary N) is 1. The molecule has 0 aliphatic heterocycles. The van der Waals surface area contributed by atoms with Crippen molar-refractivity contribution in [2.75, 3.05) is 26.9 Å². The molecule has 0 aromatic heterocycles. The van der Waals surface area contributed by atoms with Crippen LogP contribution in [0.25, 0.3) is 0 Å². The molecule has 1 aromatic carbocycles. The summed E-state index contributed by atoms with van der Waals surface area (Å²) in [5, 5.41) is 3.55. The molecule has 0 bridgehead atoms. The first-order valence-corrected chi connectivity index (χ1v) is 6.76. The number of hydrogen-bond acceptors (Lipinski definition) is 3. The third-order valence-corrected chi connectivity index (χ3v) is 2.87. The van der Waals surface area contributed by atoms with E-state index in [1.165, 1.54) is 5.56 Å². The molecular formula is C15H25NO2. The van der Waals surface area contributed by atoms with Crippen molar-refractivity contribution in [2.24, 2.45) is 0 Å². The topological polar surface area (TPSA) is 30.5 Å². The van der Waals surface area contributed by atoms with Gasteiger partial charge in [-0.3, -0.25) is 0 Å². The van der Waals surface area contributed by atoms with E-state index in [1.54, 1.807) is 7.11 Å². The standard InChI is InChI=1S/C15H25NO2/c1-4-9-16-15(5-2)13-7-6-8-14(12-13)18-11-10-17-3/h6-8,12,15-16H,4-5,9-11H2,1-3H3. The van der Waals surface area contributed by atoms with Crippen molar-refractivity contribution in [2.45, 2.75) is 32.7 Å². The molecule has 0 saturated heterocycles. The van der Waals surface area contributed by atoms with Crippen molar-refractivity contribution in [1.29, 1.82) is 0 Å². The summed E-state index contributed by atoms with van der Waals surface area (Å²) in [6, 6.07) is 8.72. The lowest BCUT2D eigenvalue weighted by molar-refractivity contribution is 0.146. The Morgan fingerprint density at radius 2 is 2.06 bits per heavy atom. The fourth-order valence-corrected chi connectivity index (χ4v) is 1.88. The molecule has 0 heterocycles. The van der Waals surface area contributed by atoms with E-state index >= 15 is 0 Å². The largest absolute Gasteiger partial charge is 0.491 e. The molecule has 1 aromatic rings. The average molecular weight is 251 g/mol. The van der Waals surface area contributed by atoms with E-state index in [4.69, 9.17) is 9.47 Å². The van der Waals surface area contributed by atoms with Gasteiger partial charge in [0.25, 0.3) is 0 Å². The van der Waals surface area contributed by atoms with E-state index in [2.05, 4.69) is 31.3 Å². The van der Waals surface area contributed by atoms with Gasteiger partial charge in [-0.1, -0.05) is 26.0 Å². The van der Waals surface area contributed by atoms with Gasteiger partial charge in [-0.2, -0.15) is 0 Å². The number of rotatable bonds is 9. The van der Waals surface area contributed by atoms with Crippen LogP contribution in [0, 0.1) is 0 Å². The zero-order chi connectivity index (χ0) is 13.2. The maximum absolute atomic E-state index is 5.63. The lowest BCUT2D eigenvalue weighted by atomic mass is 10.0. The SMILES string of the molecule is CCCNC(CC)c1cccc(OCCOC)c1. The van der Waals surface area contributed by atoms with Crippen LogP contribution in [0.3, 0.4) is 0 Å². The van der Waals surface area contributed by atoms with E-state index in [-0.39, 0.29) is 0 Å². The smallest absolute Gasteiger partial charge is 0.119 e. The maximum Gasteiger partial charge on any atom is 0.119 e. The van der Waals surface area contributed by atoms with Crippen LogP contribution in [0.4, 0.5) is 0 Å². The molecule has 0 spiro atoms. The zero-order valence-corrected chi connectivity index (χ0v) is 11.7. The second kappa shape index (κ2) is 8.95. The van der Waals surface area contributed by atoms with Crippen LogP contribution in [0.15, 0.2) is 24.3 Å². The molecule has 1 atom stereocenters. The van der Waals surface area contributed by atoms with Crippen LogP contribution in [0.2, 0.25) is 0 Å². The van der Waals surface area contributed by atoms with Crippen molar-refractivity contribution in [1.82, 2.24) is 5.32 Å². The highest BCUT2D eigenvalue weighted by molar-refractivity contribution is 5.30. The molecule has 18 heavy (non-hydrogen) atoms. The first-order valence-electron chi connectivity index (χ1n) is 6.76. The molecule has 1 unspecified atom stereocenters. The van der Waals surface area contributed by atoms with Crippen LogP contribution in [-0.4, -0.2) is 26.9 Å². The molecule has 0 radical (unpaired) electrons. The first kappa shape index (κ1) is 15.0. The summed E-state index contributed by atoms with van der Waals surface area (Å²) in [5.74, 6) is 0.918. The Balaban J connectivity index is 2.60. The Morgan fingerprint density at radius 1 is 1.22 bits per heavy atom. The Bertz CT molecular complexity index is 328. The van der Waals surface area contributed by atoms with Crippen LogP contribution in [0.5, 0.6) is 5.75 Å². The Morgan fingerprint density at radius 3 is 2.72 bits per heavy atom. The van der Waals surface area contributed by atoms with Crippen molar-refractivity contribution in [3.63, 3.8) is 0 Å². The van der Waals surface area contributed by atoms with Crippen molar-refractivity contribution < 1.29 is 9.47 Å². The first-order chi connectivity index (χ1) is 8.81. The second-order valence-electron chi connectivity index (χ2n) is 4.33. The van der Waals surface area contributed by atoms with Crippen LogP contribution < -0.4 is 10.1 Å². The third kappa shape index (κ3) is 5.07. The Labute approximate surface area is 110 Å². The van der Waals surface area contributed by atoms with Gasteiger partial charge in [-0.05, 0) is 37.1 Å². The normalized spacial score (nSPS) is 12.4. The van der Waals surface area contributed by atoms with Crippen molar-refractivity contribution >= 4 is 0 Å².